The first-order valence-electron chi connectivity index (χ1n) is 9.73. The van der Waals surface area contributed by atoms with E-state index in [4.69, 9.17) is 4.74 Å². The van der Waals surface area contributed by atoms with Crippen LogP contribution in [-0.2, 0) is 19.4 Å². The zero-order valence-corrected chi connectivity index (χ0v) is 17.3. The van der Waals surface area contributed by atoms with E-state index < -0.39 is 0 Å². The Balaban J connectivity index is 1.82. The Kier molecular flexibility index (Phi) is 5.36. The van der Waals surface area contributed by atoms with E-state index in [0.29, 0.717) is 29.2 Å². The normalized spacial score (nSPS) is 12.9. The zero-order valence-electron chi connectivity index (χ0n) is 16.5. The first-order chi connectivity index (χ1) is 14.2. The van der Waals surface area contributed by atoms with Gasteiger partial charge in [0.05, 0.1) is 18.4 Å². The molecule has 1 aliphatic carbocycles. The molecule has 0 unspecified atom stereocenters. The summed E-state index contributed by atoms with van der Waals surface area (Å²) in [6.45, 7) is 2.33. The molecule has 0 radical (unpaired) electrons. The number of thiophene rings is 1. The van der Waals surface area contributed by atoms with Crippen LogP contribution in [0, 0.1) is 11.3 Å². The molecular formula is C22H22N4O2S. The van der Waals surface area contributed by atoms with Gasteiger partial charge in [0.2, 0.25) is 0 Å². The van der Waals surface area contributed by atoms with Crippen molar-refractivity contribution in [2.24, 2.45) is 0 Å². The van der Waals surface area contributed by atoms with Gasteiger partial charge in [0.1, 0.15) is 22.5 Å². The highest BCUT2D eigenvalue weighted by Crippen LogP contribution is 2.39. The quantitative estimate of drug-likeness (QED) is 0.675. The van der Waals surface area contributed by atoms with Gasteiger partial charge in [-0.25, -0.2) is 4.68 Å². The highest BCUT2D eigenvalue weighted by Gasteiger charge is 2.22. The number of para-hydroxylation sites is 1. The summed E-state index contributed by atoms with van der Waals surface area (Å²) in [6.07, 6.45) is 4.18. The van der Waals surface area contributed by atoms with Crippen molar-refractivity contribution >= 4 is 22.0 Å². The monoisotopic (exact) mass is 406 g/mol. The van der Waals surface area contributed by atoms with Crippen molar-refractivity contribution in [3.63, 3.8) is 0 Å². The standard InChI is InChI=1S/C22H22N4O2S/c1-3-26-22(27)18(12-17(25-26)15-9-4-6-10-19(15)28-2)24-21-16(13-23)14-8-5-7-11-20(14)29-21/h4,6,9-10,12,24H,3,5,7-8,11H2,1-2H3. The SMILES string of the molecule is CCn1nc(-c2ccccc2OC)cc(Nc2sc3c(c2C#N)CCCC3)c1=O. The summed E-state index contributed by atoms with van der Waals surface area (Å²) in [7, 11) is 1.61. The van der Waals surface area contributed by atoms with E-state index in [1.165, 1.54) is 9.56 Å². The predicted molar refractivity (Wildman–Crippen MR) is 115 cm³/mol. The van der Waals surface area contributed by atoms with Crippen LogP contribution in [0.2, 0.25) is 0 Å². The van der Waals surface area contributed by atoms with E-state index in [-0.39, 0.29) is 5.56 Å². The number of methoxy groups -OCH3 is 1. The molecule has 3 aromatic rings. The third-order valence-electron chi connectivity index (χ3n) is 5.19. The maximum atomic E-state index is 12.9. The third-order valence-corrected chi connectivity index (χ3v) is 6.40. The third kappa shape index (κ3) is 3.52. The molecule has 2 heterocycles. The summed E-state index contributed by atoms with van der Waals surface area (Å²) in [5.74, 6) is 0.691. The number of nitrogens with zero attached hydrogens (tertiary/aromatic N) is 3. The van der Waals surface area contributed by atoms with E-state index >= 15 is 0 Å². The number of nitriles is 1. The van der Waals surface area contributed by atoms with Gasteiger partial charge >= 0.3 is 0 Å². The molecule has 4 rings (SSSR count). The molecule has 0 saturated heterocycles. The lowest BCUT2D eigenvalue weighted by molar-refractivity contribution is 0.416. The lowest BCUT2D eigenvalue weighted by Crippen LogP contribution is -2.24. The van der Waals surface area contributed by atoms with Gasteiger partial charge in [0.25, 0.3) is 5.56 Å². The molecule has 0 bridgehead atoms. The predicted octanol–water partition coefficient (Wildman–Crippen LogP) is 4.49. The average Bonchev–Trinajstić information content (AvgIpc) is 3.12. The summed E-state index contributed by atoms with van der Waals surface area (Å²) >= 11 is 1.59. The van der Waals surface area contributed by atoms with Crippen LogP contribution in [0.4, 0.5) is 10.7 Å². The molecule has 2 aromatic heterocycles. The largest absolute Gasteiger partial charge is 0.496 e. The van der Waals surface area contributed by atoms with Crippen LogP contribution < -0.4 is 15.6 Å². The number of benzene rings is 1. The van der Waals surface area contributed by atoms with Crippen molar-refractivity contribution in [3.05, 3.63) is 56.7 Å². The van der Waals surface area contributed by atoms with Crippen LogP contribution in [-0.4, -0.2) is 16.9 Å². The molecule has 0 saturated carbocycles. The van der Waals surface area contributed by atoms with Crippen LogP contribution in [0.1, 0.15) is 35.8 Å². The Labute approximate surface area is 173 Å². The van der Waals surface area contributed by atoms with E-state index in [0.717, 1.165) is 41.8 Å². The Morgan fingerprint density at radius 3 is 2.86 bits per heavy atom. The van der Waals surface area contributed by atoms with Crippen LogP contribution in [0.25, 0.3) is 11.3 Å². The zero-order chi connectivity index (χ0) is 20.4. The highest BCUT2D eigenvalue weighted by atomic mass is 32.1. The fourth-order valence-electron chi connectivity index (χ4n) is 3.73. The molecule has 7 heteroatoms. The summed E-state index contributed by atoms with van der Waals surface area (Å²) < 4.78 is 6.90. The van der Waals surface area contributed by atoms with Gasteiger partial charge in [-0.3, -0.25) is 4.79 Å². The van der Waals surface area contributed by atoms with E-state index in [9.17, 15) is 10.1 Å². The van der Waals surface area contributed by atoms with Crippen molar-refractivity contribution in [1.82, 2.24) is 9.78 Å². The van der Waals surface area contributed by atoms with Gasteiger partial charge in [-0.05, 0) is 56.4 Å². The molecule has 0 fully saturated rings. The summed E-state index contributed by atoms with van der Waals surface area (Å²) in [4.78, 5) is 14.2. The van der Waals surface area contributed by atoms with E-state index in [2.05, 4.69) is 16.5 Å². The first-order valence-corrected chi connectivity index (χ1v) is 10.5. The van der Waals surface area contributed by atoms with Gasteiger partial charge in [-0.2, -0.15) is 10.4 Å². The molecule has 29 heavy (non-hydrogen) atoms. The van der Waals surface area contributed by atoms with Crippen molar-refractivity contribution in [2.75, 3.05) is 12.4 Å². The van der Waals surface area contributed by atoms with Gasteiger partial charge in [-0.15, -0.1) is 11.3 Å². The van der Waals surface area contributed by atoms with Crippen molar-refractivity contribution < 1.29 is 4.74 Å². The molecule has 1 N–H and O–H groups in total. The summed E-state index contributed by atoms with van der Waals surface area (Å²) in [6, 6.07) is 11.7. The lowest BCUT2D eigenvalue weighted by Gasteiger charge is -2.12. The fraction of sp³-hybridized carbons (Fsp3) is 0.318. The lowest BCUT2D eigenvalue weighted by atomic mass is 9.96. The van der Waals surface area contributed by atoms with Crippen molar-refractivity contribution in [3.8, 4) is 23.1 Å². The molecule has 0 atom stereocenters. The van der Waals surface area contributed by atoms with Gasteiger partial charge in [0, 0.05) is 17.0 Å². The number of hydrogen-bond donors (Lipinski definition) is 1. The number of nitrogens with one attached hydrogen (secondary N) is 1. The molecule has 6 nitrogen and oxygen atoms in total. The number of hydrogen-bond acceptors (Lipinski definition) is 6. The Morgan fingerprint density at radius 2 is 2.10 bits per heavy atom. The number of anilines is 2. The van der Waals surface area contributed by atoms with Crippen LogP contribution in [0.15, 0.2) is 35.1 Å². The molecule has 1 aromatic carbocycles. The highest BCUT2D eigenvalue weighted by molar-refractivity contribution is 7.16. The Bertz CT molecular complexity index is 1160. The molecule has 1 aliphatic rings. The topological polar surface area (TPSA) is 79.9 Å². The van der Waals surface area contributed by atoms with E-state index in [1.807, 2.05) is 31.2 Å². The number of fused-ring (bicyclic) bond motifs is 1. The molecule has 148 valence electrons. The Morgan fingerprint density at radius 1 is 1.31 bits per heavy atom. The minimum atomic E-state index is -0.207. The van der Waals surface area contributed by atoms with Gasteiger partial charge in [-0.1, -0.05) is 12.1 Å². The molecular weight excluding hydrogens is 384 g/mol. The van der Waals surface area contributed by atoms with Crippen LogP contribution in [0.3, 0.4) is 0 Å². The second-order valence-electron chi connectivity index (χ2n) is 6.92. The van der Waals surface area contributed by atoms with Crippen molar-refractivity contribution in [1.29, 1.82) is 5.26 Å². The number of aryl methyl sites for hydroxylation is 2. The second-order valence-corrected chi connectivity index (χ2v) is 8.02. The molecule has 0 spiro atoms. The first kappa shape index (κ1) is 19.2. The number of rotatable bonds is 5. The van der Waals surface area contributed by atoms with Gasteiger partial charge in [0.15, 0.2) is 0 Å². The summed E-state index contributed by atoms with van der Waals surface area (Å²) in [5.41, 5.74) is 3.47. The maximum absolute atomic E-state index is 12.9. The van der Waals surface area contributed by atoms with E-state index in [1.54, 1.807) is 24.5 Å². The number of aromatic nitrogens is 2. The molecule has 0 aliphatic heterocycles. The van der Waals surface area contributed by atoms with Gasteiger partial charge < -0.3 is 10.1 Å². The molecule has 0 amide bonds. The Hall–Kier alpha value is -3.11. The fourth-order valence-corrected chi connectivity index (χ4v) is 4.98. The van der Waals surface area contributed by atoms with Crippen molar-refractivity contribution in [2.45, 2.75) is 39.2 Å². The maximum Gasteiger partial charge on any atom is 0.290 e. The summed E-state index contributed by atoms with van der Waals surface area (Å²) in [5, 5.41) is 18.2. The van der Waals surface area contributed by atoms with Crippen LogP contribution in [0.5, 0.6) is 5.75 Å². The van der Waals surface area contributed by atoms with Crippen LogP contribution >= 0.6 is 11.3 Å². The second kappa shape index (κ2) is 8.10. The minimum Gasteiger partial charge on any atom is -0.496 e. The minimum absolute atomic E-state index is 0.207. The average molecular weight is 407 g/mol. The smallest absolute Gasteiger partial charge is 0.290 e. The number of ether oxygens (including phenoxy) is 1.